The first kappa shape index (κ1) is 17.6. The topological polar surface area (TPSA) is 93.7 Å². The van der Waals surface area contributed by atoms with Crippen LogP contribution in [0.3, 0.4) is 0 Å². The summed E-state index contributed by atoms with van der Waals surface area (Å²) in [5.41, 5.74) is 0.635. The molecule has 0 bridgehead atoms. The van der Waals surface area contributed by atoms with E-state index < -0.39 is 10.0 Å². The van der Waals surface area contributed by atoms with Gasteiger partial charge in [-0.15, -0.1) is 0 Å². The number of ether oxygens (including phenoxy) is 2. The van der Waals surface area contributed by atoms with Gasteiger partial charge in [0.2, 0.25) is 0 Å². The van der Waals surface area contributed by atoms with Crippen LogP contribution in [-0.2, 0) is 10.0 Å². The molecule has 0 radical (unpaired) electrons. The lowest BCUT2D eigenvalue weighted by molar-refractivity contribution is 0.0963. The number of nitrogens with one attached hydrogen (secondary N) is 2. The van der Waals surface area contributed by atoms with Crippen LogP contribution >= 0.6 is 0 Å². The van der Waals surface area contributed by atoms with E-state index in [-0.39, 0.29) is 16.5 Å². The minimum atomic E-state index is -3.84. The first-order chi connectivity index (χ1) is 11.4. The number of benzene rings is 2. The van der Waals surface area contributed by atoms with E-state index in [1.807, 2.05) is 0 Å². The van der Waals surface area contributed by atoms with Crippen molar-refractivity contribution in [2.24, 2.45) is 0 Å². The molecule has 0 aromatic heterocycles. The van der Waals surface area contributed by atoms with Crippen molar-refractivity contribution in [3.63, 3.8) is 0 Å². The zero-order valence-electron chi connectivity index (χ0n) is 13.5. The number of hydrogen-bond donors (Lipinski definition) is 2. The molecule has 24 heavy (non-hydrogen) atoms. The minimum Gasteiger partial charge on any atom is -0.493 e. The summed E-state index contributed by atoms with van der Waals surface area (Å²) in [5, 5.41) is 2.48. The first-order valence-electron chi connectivity index (χ1n) is 6.98. The highest BCUT2D eigenvalue weighted by Crippen LogP contribution is 2.30. The highest BCUT2D eigenvalue weighted by Gasteiger charge is 2.17. The van der Waals surface area contributed by atoms with Crippen LogP contribution in [0.1, 0.15) is 10.4 Å². The van der Waals surface area contributed by atoms with Crippen molar-refractivity contribution in [3.05, 3.63) is 48.0 Å². The maximum Gasteiger partial charge on any atom is 0.262 e. The molecule has 0 saturated heterocycles. The standard InChI is InChI=1S/C16H18N2O5S/c1-17-16(19)11-5-4-6-12(9-11)18-24(20,21)13-7-8-14(22-2)15(10-13)23-3/h4-10,18H,1-3H3,(H,17,19). The maximum atomic E-state index is 12.5. The van der Waals surface area contributed by atoms with Gasteiger partial charge in [0.25, 0.3) is 15.9 Å². The van der Waals surface area contributed by atoms with Crippen molar-refractivity contribution >= 4 is 21.6 Å². The van der Waals surface area contributed by atoms with Gasteiger partial charge in [0.05, 0.1) is 19.1 Å². The molecule has 0 unspecified atom stereocenters. The monoisotopic (exact) mass is 350 g/mol. The van der Waals surface area contributed by atoms with Gasteiger partial charge >= 0.3 is 0 Å². The number of amides is 1. The predicted molar refractivity (Wildman–Crippen MR) is 90.2 cm³/mol. The SMILES string of the molecule is CNC(=O)c1cccc(NS(=O)(=O)c2ccc(OC)c(OC)c2)c1. The molecule has 0 heterocycles. The number of methoxy groups -OCH3 is 2. The first-order valence-corrected chi connectivity index (χ1v) is 8.46. The number of rotatable bonds is 6. The average molecular weight is 350 g/mol. The molecule has 7 nitrogen and oxygen atoms in total. The van der Waals surface area contributed by atoms with Crippen molar-refractivity contribution in [2.75, 3.05) is 26.0 Å². The number of sulfonamides is 1. The molecule has 2 aromatic rings. The van der Waals surface area contributed by atoms with Gasteiger partial charge in [-0.25, -0.2) is 8.42 Å². The second-order valence-electron chi connectivity index (χ2n) is 4.78. The van der Waals surface area contributed by atoms with Gasteiger partial charge in [0, 0.05) is 24.4 Å². The molecule has 2 aromatic carbocycles. The van der Waals surface area contributed by atoms with Gasteiger partial charge in [-0.2, -0.15) is 0 Å². The summed E-state index contributed by atoms with van der Waals surface area (Å²) in [7, 11) is 0.557. The molecule has 0 saturated carbocycles. The Morgan fingerprint density at radius 3 is 2.33 bits per heavy atom. The Labute approximate surface area is 140 Å². The Morgan fingerprint density at radius 1 is 1.00 bits per heavy atom. The van der Waals surface area contributed by atoms with E-state index in [0.717, 1.165) is 0 Å². The molecular weight excluding hydrogens is 332 g/mol. The highest BCUT2D eigenvalue weighted by molar-refractivity contribution is 7.92. The van der Waals surface area contributed by atoms with E-state index in [2.05, 4.69) is 10.0 Å². The second-order valence-corrected chi connectivity index (χ2v) is 6.46. The Balaban J connectivity index is 2.33. The Morgan fingerprint density at radius 2 is 1.71 bits per heavy atom. The van der Waals surface area contributed by atoms with Crippen molar-refractivity contribution in [1.82, 2.24) is 5.32 Å². The van der Waals surface area contributed by atoms with E-state index in [1.54, 1.807) is 18.2 Å². The second kappa shape index (κ2) is 7.22. The largest absolute Gasteiger partial charge is 0.493 e. The number of anilines is 1. The number of hydrogen-bond acceptors (Lipinski definition) is 5. The molecule has 8 heteroatoms. The third-order valence-electron chi connectivity index (χ3n) is 3.27. The molecule has 2 rings (SSSR count). The van der Waals surface area contributed by atoms with E-state index in [9.17, 15) is 13.2 Å². The summed E-state index contributed by atoms with van der Waals surface area (Å²) < 4.78 is 37.7. The third-order valence-corrected chi connectivity index (χ3v) is 4.65. The van der Waals surface area contributed by atoms with Gasteiger partial charge in [-0.05, 0) is 30.3 Å². The van der Waals surface area contributed by atoms with Crippen LogP contribution in [0.4, 0.5) is 5.69 Å². The molecule has 128 valence electrons. The van der Waals surface area contributed by atoms with Crippen molar-refractivity contribution < 1.29 is 22.7 Å². The van der Waals surface area contributed by atoms with Crippen molar-refractivity contribution in [3.8, 4) is 11.5 Å². The lowest BCUT2D eigenvalue weighted by Crippen LogP contribution is -2.18. The lowest BCUT2D eigenvalue weighted by atomic mass is 10.2. The molecule has 2 N–H and O–H groups in total. The van der Waals surface area contributed by atoms with Gasteiger partial charge in [0.15, 0.2) is 11.5 Å². The van der Waals surface area contributed by atoms with E-state index in [4.69, 9.17) is 9.47 Å². The van der Waals surface area contributed by atoms with Crippen LogP contribution in [0.15, 0.2) is 47.4 Å². The van der Waals surface area contributed by atoms with Crippen LogP contribution in [0.5, 0.6) is 11.5 Å². The van der Waals surface area contributed by atoms with Crippen LogP contribution < -0.4 is 19.5 Å². The van der Waals surface area contributed by atoms with Gasteiger partial charge in [0.1, 0.15) is 0 Å². The fourth-order valence-electron chi connectivity index (χ4n) is 2.07. The predicted octanol–water partition coefficient (Wildman–Crippen LogP) is 1.86. The van der Waals surface area contributed by atoms with Crippen LogP contribution in [0, 0.1) is 0 Å². The van der Waals surface area contributed by atoms with Crippen molar-refractivity contribution in [1.29, 1.82) is 0 Å². The van der Waals surface area contributed by atoms with Gasteiger partial charge < -0.3 is 14.8 Å². The minimum absolute atomic E-state index is 0.0190. The fourth-order valence-corrected chi connectivity index (χ4v) is 3.13. The van der Waals surface area contributed by atoms with Crippen molar-refractivity contribution in [2.45, 2.75) is 4.90 Å². The maximum absolute atomic E-state index is 12.5. The van der Waals surface area contributed by atoms with Gasteiger partial charge in [-0.1, -0.05) is 6.07 Å². The molecule has 0 aliphatic carbocycles. The quantitative estimate of drug-likeness (QED) is 0.829. The molecule has 0 aliphatic rings. The summed E-state index contributed by atoms with van der Waals surface area (Å²) in [4.78, 5) is 11.7. The zero-order chi connectivity index (χ0) is 17.7. The third kappa shape index (κ3) is 3.77. The molecule has 0 atom stereocenters. The zero-order valence-corrected chi connectivity index (χ0v) is 14.3. The Kier molecular flexibility index (Phi) is 5.30. The summed E-state index contributed by atoms with van der Waals surface area (Å²) in [6.07, 6.45) is 0. The summed E-state index contributed by atoms with van der Waals surface area (Å²) >= 11 is 0. The normalized spacial score (nSPS) is 10.8. The fraction of sp³-hybridized carbons (Fsp3) is 0.188. The lowest BCUT2D eigenvalue weighted by Gasteiger charge is -2.12. The summed E-state index contributed by atoms with van der Waals surface area (Å²) in [5.74, 6) is 0.430. The van der Waals surface area contributed by atoms with Crippen LogP contribution in [0.25, 0.3) is 0 Å². The summed E-state index contributed by atoms with van der Waals surface area (Å²) in [6.45, 7) is 0. The smallest absolute Gasteiger partial charge is 0.262 e. The van der Waals surface area contributed by atoms with E-state index in [0.29, 0.717) is 17.1 Å². The van der Waals surface area contributed by atoms with Crippen LogP contribution in [-0.4, -0.2) is 35.6 Å². The summed E-state index contributed by atoms with van der Waals surface area (Å²) in [6, 6.07) is 10.5. The van der Waals surface area contributed by atoms with E-state index >= 15 is 0 Å². The average Bonchev–Trinajstić information content (AvgIpc) is 2.60. The molecule has 0 fully saturated rings. The van der Waals surface area contributed by atoms with Crippen LogP contribution in [0.2, 0.25) is 0 Å². The van der Waals surface area contributed by atoms with Gasteiger partial charge in [-0.3, -0.25) is 9.52 Å². The van der Waals surface area contributed by atoms with E-state index in [1.165, 1.54) is 45.5 Å². The molecule has 0 spiro atoms. The Bertz CT molecular complexity index is 849. The Hall–Kier alpha value is -2.74. The molecule has 1 amide bonds. The number of carbonyl (C=O) groups is 1. The number of carbonyl (C=O) groups excluding carboxylic acids is 1. The molecule has 0 aliphatic heterocycles. The molecular formula is C16H18N2O5S. The highest BCUT2D eigenvalue weighted by atomic mass is 32.2.